The van der Waals surface area contributed by atoms with E-state index in [4.69, 9.17) is 4.74 Å². The number of nitrogens with one attached hydrogen (secondary N) is 1. The topological polar surface area (TPSA) is 58.6 Å². The molecule has 0 radical (unpaired) electrons. The normalized spacial score (nSPS) is 15.1. The summed E-state index contributed by atoms with van der Waals surface area (Å²) in [5.74, 6) is 0.362. The van der Waals surface area contributed by atoms with Crippen LogP contribution >= 0.6 is 15.9 Å². The van der Waals surface area contributed by atoms with E-state index in [1.165, 1.54) is 6.42 Å². The fraction of sp³-hybridized carbons (Fsp3) is 0.462. The van der Waals surface area contributed by atoms with E-state index in [1.54, 1.807) is 4.90 Å². The molecule has 1 aliphatic rings. The van der Waals surface area contributed by atoms with Crippen molar-refractivity contribution in [3.8, 4) is 5.75 Å². The maximum Gasteiger partial charge on any atom is 0.261 e. The van der Waals surface area contributed by atoms with Gasteiger partial charge >= 0.3 is 0 Å². The molecular weight excluding hydrogens is 468 g/mol. The Morgan fingerprint density at radius 3 is 2.50 bits per heavy atom. The molecule has 5 nitrogen and oxygen atoms in total. The van der Waals surface area contributed by atoms with Gasteiger partial charge in [0.15, 0.2) is 6.61 Å². The van der Waals surface area contributed by atoms with Crippen LogP contribution in [0, 0.1) is 6.92 Å². The molecule has 2 aromatic carbocycles. The van der Waals surface area contributed by atoms with Gasteiger partial charge in [0.1, 0.15) is 11.8 Å². The first kappa shape index (κ1) is 24.3. The van der Waals surface area contributed by atoms with Crippen LogP contribution in [0.15, 0.2) is 53.0 Å². The molecule has 32 heavy (non-hydrogen) atoms. The van der Waals surface area contributed by atoms with E-state index in [-0.39, 0.29) is 24.5 Å². The highest BCUT2D eigenvalue weighted by Gasteiger charge is 2.30. The van der Waals surface area contributed by atoms with Crippen LogP contribution in [0.5, 0.6) is 5.75 Å². The highest BCUT2D eigenvalue weighted by atomic mass is 79.9. The molecule has 0 aromatic heterocycles. The summed E-state index contributed by atoms with van der Waals surface area (Å²) in [7, 11) is 0. The second-order valence-electron chi connectivity index (χ2n) is 8.52. The molecule has 1 fully saturated rings. The van der Waals surface area contributed by atoms with Gasteiger partial charge in [0.05, 0.1) is 0 Å². The van der Waals surface area contributed by atoms with Crippen LogP contribution in [-0.4, -0.2) is 35.4 Å². The number of carbonyl (C=O) groups is 2. The van der Waals surface area contributed by atoms with Crippen molar-refractivity contribution in [3.63, 3.8) is 0 Å². The van der Waals surface area contributed by atoms with Crippen molar-refractivity contribution >= 4 is 27.7 Å². The molecule has 172 valence electrons. The molecule has 6 heteroatoms. The summed E-state index contributed by atoms with van der Waals surface area (Å²) in [6.45, 7) is 4.25. The van der Waals surface area contributed by atoms with Gasteiger partial charge in [0.25, 0.3) is 5.91 Å². The number of carbonyl (C=O) groups excluding carboxylic acids is 2. The van der Waals surface area contributed by atoms with Crippen LogP contribution in [0.25, 0.3) is 0 Å². The van der Waals surface area contributed by atoms with Crippen molar-refractivity contribution in [1.29, 1.82) is 0 Å². The Labute approximate surface area is 199 Å². The first-order valence-electron chi connectivity index (χ1n) is 11.5. The van der Waals surface area contributed by atoms with Crippen molar-refractivity contribution in [2.75, 3.05) is 6.61 Å². The van der Waals surface area contributed by atoms with Crippen LogP contribution < -0.4 is 10.1 Å². The van der Waals surface area contributed by atoms with E-state index in [9.17, 15) is 9.59 Å². The van der Waals surface area contributed by atoms with E-state index in [2.05, 4.69) is 27.3 Å². The van der Waals surface area contributed by atoms with Crippen molar-refractivity contribution in [2.45, 2.75) is 71.0 Å². The van der Waals surface area contributed by atoms with Gasteiger partial charge in [-0.15, -0.1) is 0 Å². The predicted octanol–water partition coefficient (Wildman–Crippen LogP) is 5.39. The summed E-state index contributed by atoms with van der Waals surface area (Å²) in [4.78, 5) is 28.2. The first-order valence-corrected chi connectivity index (χ1v) is 12.3. The van der Waals surface area contributed by atoms with Crippen LogP contribution in [0.3, 0.4) is 0 Å². The smallest absolute Gasteiger partial charge is 0.261 e. The second kappa shape index (κ2) is 12.0. The van der Waals surface area contributed by atoms with E-state index in [1.807, 2.05) is 56.3 Å². The third-order valence-corrected chi connectivity index (χ3v) is 6.48. The van der Waals surface area contributed by atoms with Gasteiger partial charge in [-0.1, -0.05) is 71.9 Å². The first-order chi connectivity index (χ1) is 15.5. The highest BCUT2D eigenvalue weighted by Crippen LogP contribution is 2.20. The Morgan fingerprint density at radius 1 is 1.12 bits per heavy atom. The molecule has 2 amide bonds. The maximum atomic E-state index is 13.3. The number of ether oxygens (including phenoxy) is 1. The number of benzene rings is 2. The Bertz CT molecular complexity index is 894. The van der Waals surface area contributed by atoms with Gasteiger partial charge in [-0.2, -0.15) is 0 Å². The van der Waals surface area contributed by atoms with Gasteiger partial charge < -0.3 is 15.0 Å². The lowest BCUT2D eigenvalue weighted by Crippen LogP contribution is -2.52. The van der Waals surface area contributed by atoms with Gasteiger partial charge in [0, 0.05) is 17.1 Å². The average molecular weight is 501 g/mol. The molecule has 0 aliphatic heterocycles. The maximum absolute atomic E-state index is 13.3. The molecule has 1 aliphatic carbocycles. The quantitative estimate of drug-likeness (QED) is 0.501. The van der Waals surface area contributed by atoms with Crippen LogP contribution in [0.2, 0.25) is 0 Å². The van der Waals surface area contributed by atoms with E-state index in [0.717, 1.165) is 41.3 Å². The lowest BCUT2D eigenvalue weighted by Gasteiger charge is -2.32. The number of aryl methyl sites for hydroxylation is 1. The summed E-state index contributed by atoms with van der Waals surface area (Å²) >= 11 is 3.40. The number of hydrogen-bond donors (Lipinski definition) is 1. The monoisotopic (exact) mass is 500 g/mol. The van der Waals surface area contributed by atoms with Gasteiger partial charge in [-0.05, 0) is 56.0 Å². The SMILES string of the molecule is CC[C@@H](C(=O)NC1CCCCC1)N(Cc1cccc(C)c1)C(=O)COc1ccc(Br)cc1. The Morgan fingerprint density at radius 2 is 1.84 bits per heavy atom. The molecule has 1 N–H and O–H groups in total. The Hall–Kier alpha value is -2.34. The summed E-state index contributed by atoms with van der Waals surface area (Å²) < 4.78 is 6.69. The fourth-order valence-electron chi connectivity index (χ4n) is 4.23. The van der Waals surface area contributed by atoms with E-state index >= 15 is 0 Å². The summed E-state index contributed by atoms with van der Waals surface area (Å²) in [5.41, 5.74) is 2.13. The molecule has 0 bridgehead atoms. The van der Waals surface area contributed by atoms with Crippen molar-refractivity contribution in [1.82, 2.24) is 10.2 Å². The minimum atomic E-state index is -0.529. The van der Waals surface area contributed by atoms with Crippen molar-refractivity contribution in [2.24, 2.45) is 0 Å². The summed E-state index contributed by atoms with van der Waals surface area (Å²) in [6.07, 6.45) is 6.11. The second-order valence-corrected chi connectivity index (χ2v) is 9.44. The standard InChI is InChI=1S/C26H33BrN2O3/c1-3-24(26(31)28-22-10-5-4-6-11-22)29(17-20-9-7-8-19(2)16-20)25(30)18-32-23-14-12-21(27)13-15-23/h7-9,12-16,22,24H,3-6,10-11,17-18H2,1-2H3,(H,28,31)/t24-/m0/s1. The molecule has 0 saturated heterocycles. The lowest BCUT2D eigenvalue weighted by atomic mass is 9.95. The molecule has 2 aromatic rings. The molecule has 0 spiro atoms. The zero-order chi connectivity index (χ0) is 22.9. The molecule has 1 saturated carbocycles. The van der Waals surface area contributed by atoms with E-state index < -0.39 is 6.04 Å². The molecule has 3 rings (SSSR count). The van der Waals surface area contributed by atoms with Crippen LogP contribution in [0.4, 0.5) is 0 Å². The number of halogens is 1. The third-order valence-electron chi connectivity index (χ3n) is 5.95. The highest BCUT2D eigenvalue weighted by molar-refractivity contribution is 9.10. The number of amides is 2. The van der Waals surface area contributed by atoms with Gasteiger partial charge in [0.2, 0.25) is 5.91 Å². The zero-order valence-corrected chi connectivity index (χ0v) is 20.6. The van der Waals surface area contributed by atoms with Gasteiger partial charge in [-0.25, -0.2) is 0 Å². The summed E-state index contributed by atoms with van der Waals surface area (Å²) in [6, 6.07) is 15.1. The fourth-order valence-corrected chi connectivity index (χ4v) is 4.49. The minimum absolute atomic E-state index is 0.0657. The lowest BCUT2D eigenvalue weighted by molar-refractivity contribution is -0.143. The average Bonchev–Trinajstić information content (AvgIpc) is 2.79. The van der Waals surface area contributed by atoms with Crippen LogP contribution in [0.1, 0.15) is 56.6 Å². The third kappa shape index (κ3) is 7.09. The molecule has 0 heterocycles. The zero-order valence-electron chi connectivity index (χ0n) is 19.0. The minimum Gasteiger partial charge on any atom is -0.484 e. The van der Waals surface area contributed by atoms with E-state index in [0.29, 0.717) is 18.7 Å². The van der Waals surface area contributed by atoms with Crippen LogP contribution in [-0.2, 0) is 16.1 Å². The summed E-state index contributed by atoms with van der Waals surface area (Å²) in [5, 5.41) is 3.20. The van der Waals surface area contributed by atoms with Crippen molar-refractivity contribution < 1.29 is 14.3 Å². The number of rotatable bonds is 9. The molecule has 1 atom stereocenters. The Balaban J connectivity index is 1.74. The number of nitrogens with zero attached hydrogens (tertiary/aromatic N) is 1. The molecular formula is C26H33BrN2O3. The van der Waals surface area contributed by atoms with Gasteiger partial charge in [-0.3, -0.25) is 9.59 Å². The number of hydrogen-bond acceptors (Lipinski definition) is 3. The largest absolute Gasteiger partial charge is 0.484 e. The Kier molecular flexibility index (Phi) is 9.15. The van der Waals surface area contributed by atoms with Crippen molar-refractivity contribution in [3.05, 3.63) is 64.1 Å². The predicted molar refractivity (Wildman–Crippen MR) is 130 cm³/mol. The molecule has 0 unspecified atom stereocenters.